The van der Waals surface area contributed by atoms with Crippen LogP contribution in [-0.2, 0) is 4.79 Å². The Morgan fingerprint density at radius 1 is 1.26 bits per heavy atom. The Labute approximate surface area is 120 Å². The molecule has 1 aromatic carbocycles. The zero-order valence-electron chi connectivity index (χ0n) is 11.4. The van der Waals surface area contributed by atoms with Gasteiger partial charge in [0.1, 0.15) is 0 Å². The van der Waals surface area contributed by atoms with E-state index in [9.17, 15) is 4.79 Å². The van der Waals surface area contributed by atoms with Gasteiger partial charge >= 0.3 is 0 Å². The van der Waals surface area contributed by atoms with Crippen molar-refractivity contribution in [3.05, 3.63) is 52.6 Å². The third-order valence-electron chi connectivity index (χ3n) is 3.62. The first-order valence-corrected chi connectivity index (χ1v) is 7.12. The minimum Gasteiger partial charge on any atom is -0.295 e. The van der Waals surface area contributed by atoms with Gasteiger partial charge < -0.3 is 0 Å². The molecular formula is C17H19ClO. The van der Waals surface area contributed by atoms with Crippen LogP contribution >= 0.6 is 11.6 Å². The van der Waals surface area contributed by atoms with Crippen molar-refractivity contribution in [2.45, 2.75) is 26.7 Å². The van der Waals surface area contributed by atoms with Crippen LogP contribution in [0.2, 0.25) is 5.02 Å². The van der Waals surface area contributed by atoms with Gasteiger partial charge in [-0.25, -0.2) is 0 Å². The average Bonchev–Trinajstić information content (AvgIpc) is 2.37. The van der Waals surface area contributed by atoms with Gasteiger partial charge in [-0.15, -0.1) is 0 Å². The first-order valence-electron chi connectivity index (χ1n) is 6.75. The predicted molar refractivity (Wildman–Crippen MR) is 81.1 cm³/mol. The molecule has 0 saturated heterocycles. The van der Waals surface area contributed by atoms with Crippen LogP contribution in [0.4, 0.5) is 0 Å². The number of rotatable bonds is 3. The second-order valence-electron chi connectivity index (χ2n) is 5.37. The highest BCUT2D eigenvalue weighted by atomic mass is 35.5. The maximum Gasteiger partial charge on any atom is 0.159 e. The lowest BCUT2D eigenvalue weighted by molar-refractivity contribution is -0.120. The van der Waals surface area contributed by atoms with Crippen molar-refractivity contribution in [1.82, 2.24) is 0 Å². The van der Waals surface area contributed by atoms with Gasteiger partial charge in [-0.1, -0.05) is 55.8 Å². The Bertz CT molecular complexity index is 526. The average molecular weight is 275 g/mol. The second kappa shape index (κ2) is 6.21. The number of allylic oxidation sites excluding steroid dienone is 3. The van der Waals surface area contributed by atoms with E-state index in [1.165, 1.54) is 0 Å². The molecule has 0 aromatic heterocycles. The van der Waals surface area contributed by atoms with Gasteiger partial charge in [0, 0.05) is 10.9 Å². The van der Waals surface area contributed by atoms with Crippen molar-refractivity contribution in [1.29, 1.82) is 0 Å². The van der Waals surface area contributed by atoms with Crippen LogP contribution in [0.3, 0.4) is 0 Å². The van der Waals surface area contributed by atoms with E-state index in [1.807, 2.05) is 36.4 Å². The van der Waals surface area contributed by atoms with Gasteiger partial charge in [-0.05, 0) is 42.0 Å². The molecule has 0 N–H and O–H groups in total. The highest BCUT2D eigenvalue weighted by Gasteiger charge is 2.24. The summed E-state index contributed by atoms with van der Waals surface area (Å²) >= 11 is 6.10. The number of ketones is 1. The van der Waals surface area contributed by atoms with Gasteiger partial charge in [-0.2, -0.15) is 0 Å². The third kappa shape index (κ3) is 3.57. The molecule has 1 atom stereocenters. The Balaban J connectivity index is 2.11. The third-order valence-corrected chi connectivity index (χ3v) is 3.97. The lowest BCUT2D eigenvalue weighted by Crippen LogP contribution is -2.22. The van der Waals surface area contributed by atoms with Gasteiger partial charge in [0.05, 0.1) is 0 Å². The summed E-state index contributed by atoms with van der Waals surface area (Å²) in [5.74, 6) is 0.885. The van der Waals surface area contributed by atoms with Crippen LogP contribution in [-0.4, -0.2) is 5.78 Å². The Morgan fingerprint density at radius 3 is 2.63 bits per heavy atom. The molecule has 0 heterocycles. The van der Waals surface area contributed by atoms with E-state index in [2.05, 4.69) is 13.8 Å². The summed E-state index contributed by atoms with van der Waals surface area (Å²) in [6.45, 7) is 4.22. The molecule has 0 spiro atoms. The summed E-state index contributed by atoms with van der Waals surface area (Å²) in [4.78, 5) is 12.0. The van der Waals surface area contributed by atoms with E-state index < -0.39 is 0 Å². The van der Waals surface area contributed by atoms with E-state index in [4.69, 9.17) is 11.6 Å². The summed E-state index contributed by atoms with van der Waals surface area (Å²) in [5, 5.41) is 0.738. The van der Waals surface area contributed by atoms with Crippen molar-refractivity contribution >= 4 is 23.5 Å². The Hall–Kier alpha value is -1.34. The standard InChI is InChI=1S/C17H19ClO/c1-12(2)15-10-8-13(11-17(15)19)7-9-14-5-3-4-6-16(14)18/h3-7,9,11-12,15H,8,10H2,1-2H3/b9-7+/t15-/m0/s1. The van der Waals surface area contributed by atoms with E-state index >= 15 is 0 Å². The second-order valence-corrected chi connectivity index (χ2v) is 5.77. The predicted octanol–water partition coefficient (Wildman–Crippen LogP) is 4.91. The number of hydrogen-bond acceptors (Lipinski definition) is 1. The van der Waals surface area contributed by atoms with Crippen molar-refractivity contribution < 1.29 is 4.79 Å². The lowest BCUT2D eigenvalue weighted by atomic mass is 9.81. The highest BCUT2D eigenvalue weighted by molar-refractivity contribution is 6.32. The van der Waals surface area contributed by atoms with Crippen LogP contribution in [0.15, 0.2) is 42.0 Å². The summed E-state index contributed by atoms with van der Waals surface area (Å²) in [6.07, 6.45) is 7.71. The van der Waals surface area contributed by atoms with E-state index in [1.54, 1.807) is 6.08 Å². The monoisotopic (exact) mass is 274 g/mol. The molecule has 0 amide bonds. The van der Waals surface area contributed by atoms with Gasteiger partial charge in [0.2, 0.25) is 0 Å². The first kappa shape index (κ1) is 14.1. The minimum absolute atomic E-state index is 0.192. The van der Waals surface area contributed by atoms with Crippen molar-refractivity contribution in [3.8, 4) is 0 Å². The normalized spacial score (nSPS) is 20.1. The van der Waals surface area contributed by atoms with Crippen molar-refractivity contribution in [2.75, 3.05) is 0 Å². The zero-order chi connectivity index (χ0) is 13.8. The number of benzene rings is 1. The number of carbonyl (C=O) groups excluding carboxylic acids is 1. The highest BCUT2D eigenvalue weighted by Crippen LogP contribution is 2.28. The largest absolute Gasteiger partial charge is 0.295 e. The van der Waals surface area contributed by atoms with Crippen molar-refractivity contribution in [3.63, 3.8) is 0 Å². The number of carbonyl (C=O) groups is 1. The van der Waals surface area contributed by atoms with Crippen molar-refractivity contribution in [2.24, 2.45) is 11.8 Å². The topological polar surface area (TPSA) is 17.1 Å². The smallest absolute Gasteiger partial charge is 0.159 e. The first-order chi connectivity index (χ1) is 9.08. The molecule has 0 saturated carbocycles. The molecule has 1 aliphatic carbocycles. The lowest BCUT2D eigenvalue weighted by Gasteiger charge is -2.22. The SMILES string of the molecule is CC(C)[C@@H]1CCC(/C=C/c2ccccc2Cl)=CC1=O. The minimum atomic E-state index is 0.192. The molecular weight excluding hydrogens is 256 g/mol. The van der Waals surface area contributed by atoms with Gasteiger partial charge in [-0.3, -0.25) is 4.79 Å². The molecule has 2 heteroatoms. The van der Waals surface area contributed by atoms with Crippen LogP contribution in [0.5, 0.6) is 0 Å². The summed E-state index contributed by atoms with van der Waals surface area (Å²) < 4.78 is 0. The van der Waals surface area contributed by atoms with E-state index in [-0.39, 0.29) is 11.7 Å². The summed E-state index contributed by atoms with van der Waals surface area (Å²) in [5.41, 5.74) is 2.09. The van der Waals surface area contributed by atoms with Crippen LogP contribution in [0.25, 0.3) is 6.08 Å². The molecule has 0 fully saturated rings. The van der Waals surface area contributed by atoms with Crippen LogP contribution in [0, 0.1) is 11.8 Å². The number of halogens is 1. The molecule has 1 aliphatic rings. The Kier molecular flexibility index (Phi) is 4.60. The summed E-state index contributed by atoms with van der Waals surface area (Å²) in [6, 6.07) is 7.72. The molecule has 0 bridgehead atoms. The number of hydrogen-bond donors (Lipinski definition) is 0. The van der Waals surface area contributed by atoms with Gasteiger partial charge in [0.15, 0.2) is 5.78 Å². The fourth-order valence-electron chi connectivity index (χ4n) is 2.43. The fourth-order valence-corrected chi connectivity index (χ4v) is 2.63. The molecule has 100 valence electrons. The van der Waals surface area contributed by atoms with E-state index in [0.717, 1.165) is 29.0 Å². The molecule has 0 radical (unpaired) electrons. The molecule has 0 unspecified atom stereocenters. The fraction of sp³-hybridized carbons (Fsp3) is 0.353. The quantitative estimate of drug-likeness (QED) is 0.765. The molecule has 2 rings (SSSR count). The zero-order valence-corrected chi connectivity index (χ0v) is 12.2. The molecule has 19 heavy (non-hydrogen) atoms. The van der Waals surface area contributed by atoms with E-state index in [0.29, 0.717) is 5.92 Å². The molecule has 1 aromatic rings. The van der Waals surface area contributed by atoms with Crippen LogP contribution in [0.1, 0.15) is 32.3 Å². The van der Waals surface area contributed by atoms with Gasteiger partial charge in [0.25, 0.3) is 0 Å². The maximum absolute atomic E-state index is 12.0. The Morgan fingerprint density at radius 2 is 2.00 bits per heavy atom. The maximum atomic E-state index is 12.0. The van der Waals surface area contributed by atoms with Crippen LogP contribution < -0.4 is 0 Å². The molecule has 1 nitrogen and oxygen atoms in total. The molecule has 0 aliphatic heterocycles. The summed E-state index contributed by atoms with van der Waals surface area (Å²) in [7, 11) is 0.